The van der Waals surface area contributed by atoms with Gasteiger partial charge in [0.15, 0.2) is 0 Å². The van der Waals surface area contributed by atoms with Crippen molar-refractivity contribution in [3.8, 4) is 0 Å². The van der Waals surface area contributed by atoms with Gasteiger partial charge in [0.05, 0.1) is 24.5 Å². The normalized spacial score (nSPS) is 23.1. The van der Waals surface area contributed by atoms with Crippen molar-refractivity contribution in [2.24, 2.45) is 0 Å². The molecule has 1 saturated carbocycles. The highest BCUT2D eigenvalue weighted by Gasteiger charge is 2.53. The van der Waals surface area contributed by atoms with Crippen molar-refractivity contribution in [2.45, 2.75) is 30.8 Å². The molecule has 3 rings (SSSR count). The number of halogens is 1. The summed E-state index contributed by atoms with van der Waals surface area (Å²) >= 11 is 3.45. The Balaban J connectivity index is 1.74. The summed E-state index contributed by atoms with van der Waals surface area (Å²) in [6.07, 6.45) is 1.23. The van der Waals surface area contributed by atoms with Gasteiger partial charge in [-0.3, -0.25) is 9.59 Å². The number of hydrogen-bond donors (Lipinski definition) is 1. The maximum Gasteiger partial charge on any atom is 0.306 e. The quantitative estimate of drug-likeness (QED) is 0.885. The average Bonchev–Trinajstić information content (AvgIpc) is 3.28. The maximum absolute atomic E-state index is 12.9. The van der Waals surface area contributed by atoms with Crippen molar-refractivity contribution >= 4 is 27.8 Å². The third-order valence-electron chi connectivity index (χ3n) is 4.36. The molecule has 0 radical (unpaired) electrons. The van der Waals surface area contributed by atoms with Crippen LogP contribution in [0.2, 0.25) is 0 Å². The van der Waals surface area contributed by atoms with Crippen LogP contribution in [0.5, 0.6) is 0 Å². The molecule has 5 nitrogen and oxygen atoms in total. The standard InChI is InChI=1S/C16H18BrNO4/c17-12-3-1-2-11(8-12)16(4-5-16)15(21)18-6-7-22-13(10-18)9-14(19)20/h1-3,8,13H,4-7,9-10H2,(H,19,20)/t13-/m0/s1. The van der Waals surface area contributed by atoms with Crippen molar-refractivity contribution in [1.29, 1.82) is 0 Å². The fourth-order valence-electron chi connectivity index (χ4n) is 3.06. The molecule has 1 atom stereocenters. The summed E-state index contributed by atoms with van der Waals surface area (Å²) in [6, 6.07) is 7.88. The number of carbonyl (C=O) groups is 2. The summed E-state index contributed by atoms with van der Waals surface area (Å²) < 4.78 is 6.41. The Hall–Kier alpha value is -1.40. The van der Waals surface area contributed by atoms with Crippen LogP contribution in [0.15, 0.2) is 28.7 Å². The van der Waals surface area contributed by atoms with E-state index in [0.717, 1.165) is 22.9 Å². The second kappa shape index (κ2) is 6.01. The van der Waals surface area contributed by atoms with Crippen LogP contribution in [0.1, 0.15) is 24.8 Å². The summed E-state index contributed by atoms with van der Waals surface area (Å²) in [4.78, 5) is 25.5. The molecule has 2 fully saturated rings. The van der Waals surface area contributed by atoms with Crippen LogP contribution in [0.25, 0.3) is 0 Å². The van der Waals surface area contributed by atoms with Gasteiger partial charge in [-0.2, -0.15) is 0 Å². The van der Waals surface area contributed by atoms with Crippen LogP contribution in [0.4, 0.5) is 0 Å². The number of rotatable bonds is 4. The van der Waals surface area contributed by atoms with Crippen molar-refractivity contribution < 1.29 is 19.4 Å². The summed E-state index contributed by atoms with van der Waals surface area (Å²) in [5.74, 6) is -0.795. The lowest BCUT2D eigenvalue weighted by molar-refractivity contribution is -0.149. The topological polar surface area (TPSA) is 66.8 Å². The number of morpholine rings is 1. The lowest BCUT2D eigenvalue weighted by atomic mass is 9.94. The molecular formula is C16H18BrNO4. The van der Waals surface area contributed by atoms with Crippen LogP contribution in [-0.2, 0) is 19.7 Å². The lowest BCUT2D eigenvalue weighted by Crippen LogP contribution is -2.49. The van der Waals surface area contributed by atoms with Crippen LogP contribution in [0.3, 0.4) is 0 Å². The molecule has 22 heavy (non-hydrogen) atoms. The fourth-order valence-corrected chi connectivity index (χ4v) is 3.46. The van der Waals surface area contributed by atoms with Gasteiger partial charge in [-0.1, -0.05) is 28.1 Å². The molecule has 1 aromatic rings. The van der Waals surface area contributed by atoms with E-state index in [9.17, 15) is 9.59 Å². The first-order chi connectivity index (χ1) is 10.5. The van der Waals surface area contributed by atoms with E-state index in [1.807, 2.05) is 24.3 Å². The molecule has 0 spiro atoms. The molecule has 6 heteroatoms. The zero-order valence-corrected chi connectivity index (χ0v) is 13.7. The molecule has 1 amide bonds. The van der Waals surface area contributed by atoms with Crippen LogP contribution in [0, 0.1) is 0 Å². The SMILES string of the molecule is O=C(O)C[C@H]1CN(C(=O)C2(c3cccc(Br)c3)CC2)CCO1. The van der Waals surface area contributed by atoms with Crippen molar-refractivity contribution in [3.63, 3.8) is 0 Å². The van der Waals surface area contributed by atoms with Crippen LogP contribution in [-0.4, -0.2) is 47.7 Å². The Morgan fingerprint density at radius 1 is 1.41 bits per heavy atom. The minimum absolute atomic E-state index is 0.0618. The van der Waals surface area contributed by atoms with Gasteiger partial charge in [0, 0.05) is 17.6 Å². The van der Waals surface area contributed by atoms with Gasteiger partial charge in [-0.05, 0) is 30.5 Å². The first-order valence-corrected chi connectivity index (χ1v) is 8.19. The third kappa shape index (κ3) is 3.03. The largest absolute Gasteiger partial charge is 0.481 e. The molecule has 1 heterocycles. The van der Waals surface area contributed by atoms with Gasteiger partial charge in [0.2, 0.25) is 5.91 Å². The molecule has 2 aliphatic rings. The highest BCUT2D eigenvalue weighted by Crippen LogP contribution is 2.50. The van der Waals surface area contributed by atoms with Gasteiger partial charge in [0.1, 0.15) is 0 Å². The minimum Gasteiger partial charge on any atom is -0.481 e. The minimum atomic E-state index is -0.896. The van der Waals surface area contributed by atoms with E-state index in [1.54, 1.807) is 4.90 Å². The second-order valence-electron chi connectivity index (χ2n) is 5.93. The molecule has 1 saturated heterocycles. The molecule has 0 unspecified atom stereocenters. The van der Waals surface area contributed by atoms with Gasteiger partial charge in [-0.15, -0.1) is 0 Å². The predicted molar refractivity (Wildman–Crippen MR) is 83.6 cm³/mol. The van der Waals surface area contributed by atoms with Gasteiger partial charge in [-0.25, -0.2) is 0 Å². The molecule has 1 aromatic carbocycles. The molecule has 1 aliphatic carbocycles. The highest BCUT2D eigenvalue weighted by atomic mass is 79.9. The third-order valence-corrected chi connectivity index (χ3v) is 4.86. The average molecular weight is 368 g/mol. The number of aliphatic carboxylic acids is 1. The summed E-state index contributed by atoms with van der Waals surface area (Å²) in [5.41, 5.74) is 0.614. The number of carboxylic acids is 1. The Bertz CT molecular complexity index is 600. The molecule has 1 aliphatic heterocycles. The van der Waals surface area contributed by atoms with Gasteiger partial charge < -0.3 is 14.7 Å². The zero-order chi connectivity index (χ0) is 15.7. The Morgan fingerprint density at radius 3 is 2.82 bits per heavy atom. The Kier molecular flexibility index (Phi) is 4.23. The lowest BCUT2D eigenvalue weighted by Gasteiger charge is -2.35. The van der Waals surface area contributed by atoms with Gasteiger partial charge >= 0.3 is 5.97 Å². The van der Waals surface area contributed by atoms with E-state index in [4.69, 9.17) is 9.84 Å². The Labute approximate surface area is 137 Å². The van der Waals surface area contributed by atoms with Crippen molar-refractivity contribution in [2.75, 3.05) is 19.7 Å². The molecule has 1 N–H and O–H groups in total. The van der Waals surface area contributed by atoms with E-state index in [-0.39, 0.29) is 12.3 Å². The number of carbonyl (C=O) groups excluding carboxylic acids is 1. The highest BCUT2D eigenvalue weighted by molar-refractivity contribution is 9.10. The molecular weight excluding hydrogens is 350 g/mol. The number of nitrogens with zero attached hydrogens (tertiary/aromatic N) is 1. The van der Waals surface area contributed by atoms with E-state index in [2.05, 4.69) is 15.9 Å². The second-order valence-corrected chi connectivity index (χ2v) is 6.85. The van der Waals surface area contributed by atoms with Crippen LogP contribution < -0.4 is 0 Å². The summed E-state index contributed by atoms with van der Waals surface area (Å²) in [6.45, 7) is 1.30. The van der Waals surface area contributed by atoms with Crippen molar-refractivity contribution in [1.82, 2.24) is 4.90 Å². The van der Waals surface area contributed by atoms with Crippen LogP contribution >= 0.6 is 15.9 Å². The summed E-state index contributed by atoms with van der Waals surface area (Å²) in [7, 11) is 0. The number of amides is 1. The van der Waals surface area contributed by atoms with E-state index < -0.39 is 17.5 Å². The zero-order valence-electron chi connectivity index (χ0n) is 12.1. The molecule has 0 aromatic heterocycles. The summed E-state index contributed by atoms with van der Waals surface area (Å²) in [5, 5.41) is 8.88. The predicted octanol–water partition coefficient (Wildman–Crippen LogP) is 2.18. The number of carboxylic acid groups (broad SMARTS) is 1. The smallest absolute Gasteiger partial charge is 0.306 e. The first-order valence-electron chi connectivity index (χ1n) is 7.40. The molecule has 0 bridgehead atoms. The van der Waals surface area contributed by atoms with Gasteiger partial charge in [0.25, 0.3) is 0 Å². The van der Waals surface area contributed by atoms with E-state index in [1.165, 1.54) is 0 Å². The maximum atomic E-state index is 12.9. The molecule has 118 valence electrons. The first kappa shape index (κ1) is 15.5. The number of ether oxygens (including phenoxy) is 1. The van der Waals surface area contributed by atoms with E-state index in [0.29, 0.717) is 19.7 Å². The monoisotopic (exact) mass is 367 g/mol. The Morgan fingerprint density at radius 2 is 2.18 bits per heavy atom. The fraction of sp³-hybridized carbons (Fsp3) is 0.500. The number of benzene rings is 1. The number of hydrogen-bond acceptors (Lipinski definition) is 3. The van der Waals surface area contributed by atoms with E-state index >= 15 is 0 Å². The van der Waals surface area contributed by atoms with Crippen molar-refractivity contribution in [3.05, 3.63) is 34.3 Å².